The summed E-state index contributed by atoms with van der Waals surface area (Å²) in [6, 6.07) is 11.5. The SMILES string of the molecule is COc1cc(C)c([C@H](C)NC(=O)[C@@H](C)Oc2ccc(Br)cc2)cc1C(C)C. The number of rotatable bonds is 7. The summed E-state index contributed by atoms with van der Waals surface area (Å²) >= 11 is 3.39. The molecule has 0 aromatic heterocycles. The minimum atomic E-state index is -0.586. The molecule has 2 aromatic carbocycles. The predicted molar refractivity (Wildman–Crippen MR) is 113 cm³/mol. The first-order chi connectivity index (χ1) is 12.7. The minimum absolute atomic E-state index is 0.128. The molecule has 0 bridgehead atoms. The van der Waals surface area contributed by atoms with E-state index in [1.165, 1.54) is 0 Å². The van der Waals surface area contributed by atoms with E-state index in [9.17, 15) is 4.79 Å². The van der Waals surface area contributed by atoms with Crippen molar-refractivity contribution in [2.75, 3.05) is 7.11 Å². The molecule has 0 saturated carbocycles. The zero-order valence-electron chi connectivity index (χ0n) is 16.8. The standard InChI is InChI=1S/C22H28BrNO3/c1-13(2)19-12-20(14(3)11-21(19)26-6)15(4)24-22(25)16(5)27-18-9-7-17(23)8-10-18/h7-13,15-16H,1-6H3,(H,24,25)/t15-,16+/m0/s1. The highest BCUT2D eigenvalue weighted by molar-refractivity contribution is 9.10. The van der Waals surface area contributed by atoms with Gasteiger partial charge in [0.2, 0.25) is 0 Å². The van der Waals surface area contributed by atoms with E-state index in [1.54, 1.807) is 14.0 Å². The van der Waals surface area contributed by atoms with E-state index in [-0.39, 0.29) is 11.9 Å². The molecule has 2 aromatic rings. The third-order valence-electron chi connectivity index (χ3n) is 4.56. The number of carbonyl (C=O) groups is 1. The molecule has 27 heavy (non-hydrogen) atoms. The van der Waals surface area contributed by atoms with Gasteiger partial charge in [-0.2, -0.15) is 0 Å². The molecule has 1 amide bonds. The second-order valence-electron chi connectivity index (χ2n) is 7.05. The zero-order valence-corrected chi connectivity index (χ0v) is 18.4. The number of aryl methyl sites for hydroxylation is 1. The van der Waals surface area contributed by atoms with Gasteiger partial charge >= 0.3 is 0 Å². The highest BCUT2D eigenvalue weighted by Gasteiger charge is 2.20. The Morgan fingerprint density at radius 3 is 2.22 bits per heavy atom. The first-order valence-electron chi connectivity index (χ1n) is 9.14. The Labute approximate surface area is 170 Å². The van der Waals surface area contributed by atoms with E-state index in [4.69, 9.17) is 9.47 Å². The quantitative estimate of drug-likeness (QED) is 0.623. The van der Waals surface area contributed by atoms with Gasteiger partial charge in [0.15, 0.2) is 6.10 Å². The molecule has 0 radical (unpaired) electrons. The second-order valence-corrected chi connectivity index (χ2v) is 7.97. The molecule has 0 aliphatic rings. The van der Waals surface area contributed by atoms with Crippen LogP contribution in [-0.2, 0) is 4.79 Å². The lowest BCUT2D eigenvalue weighted by atomic mass is 9.93. The van der Waals surface area contributed by atoms with Crippen LogP contribution in [0.4, 0.5) is 0 Å². The third-order valence-corrected chi connectivity index (χ3v) is 5.09. The third kappa shape index (κ3) is 5.48. The van der Waals surface area contributed by atoms with Gasteiger partial charge in [0.25, 0.3) is 5.91 Å². The van der Waals surface area contributed by atoms with Crippen molar-refractivity contribution in [3.8, 4) is 11.5 Å². The summed E-state index contributed by atoms with van der Waals surface area (Å²) < 4.78 is 12.2. The lowest BCUT2D eigenvalue weighted by Crippen LogP contribution is -2.38. The fourth-order valence-electron chi connectivity index (χ4n) is 2.99. The molecule has 146 valence electrons. The summed E-state index contributed by atoms with van der Waals surface area (Å²) in [7, 11) is 1.69. The van der Waals surface area contributed by atoms with E-state index < -0.39 is 6.10 Å². The summed E-state index contributed by atoms with van der Waals surface area (Å²) in [5.74, 6) is 1.74. The first-order valence-corrected chi connectivity index (χ1v) is 9.93. The lowest BCUT2D eigenvalue weighted by molar-refractivity contribution is -0.127. The number of methoxy groups -OCH3 is 1. The molecule has 0 saturated heterocycles. The van der Waals surface area contributed by atoms with Crippen LogP contribution in [0.5, 0.6) is 11.5 Å². The Morgan fingerprint density at radius 1 is 1.04 bits per heavy atom. The van der Waals surface area contributed by atoms with Gasteiger partial charge in [0, 0.05) is 4.47 Å². The minimum Gasteiger partial charge on any atom is -0.496 e. The molecule has 4 nitrogen and oxygen atoms in total. The van der Waals surface area contributed by atoms with Crippen LogP contribution in [0.15, 0.2) is 40.9 Å². The monoisotopic (exact) mass is 433 g/mol. The second kappa shape index (κ2) is 9.27. The normalized spacial score (nSPS) is 13.2. The van der Waals surface area contributed by atoms with Crippen LogP contribution >= 0.6 is 15.9 Å². The zero-order chi connectivity index (χ0) is 20.1. The maximum absolute atomic E-state index is 12.6. The number of amides is 1. The molecule has 0 heterocycles. The molecule has 0 aliphatic heterocycles. The van der Waals surface area contributed by atoms with Gasteiger partial charge in [-0.1, -0.05) is 29.8 Å². The number of halogens is 1. The van der Waals surface area contributed by atoms with Crippen molar-refractivity contribution >= 4 is 21.8 Å². The Balaban J connectivity index is 2.11. The van der Waals surface area contributed by atoms with E-state index in [1.807, 2.05) is 44.2 Å². The number of carbonyl (C=O) groups excluding carboxylic acids is 1. The van der Waals surface area contributed by atoms with Crippen molar-refractivity contribution in [2.45, 2.75) is 52.7 Å². The van der Waals surface area contributed by atoms with E-state index in [2.05, 4.69) is 41.2 Å². The van der Waals surface area contributed by atoms with Crippen LogP contribution in [0.2, 0.25) is 0 Å². The molecule has 5 heteroatoms. The maximum Gasteiger partial charge on any atom is 0.261 e. The summed E-state index contributed by atoms with van der Waals surface area (Å²) in [5, 5.41) is 3.06. The lowest BCUT2D eigenvalue weighted by Gasteiger charge is -2.22. The van der Waals surface area contributed by atoms with Crippen molar-refractivity contribution in [3.05, 3.63) is 57.6 Å². The largest absolute Gasteiger partial charge is 0.496 e. The average Bonchev–Trinajstić information content (AvgIpc) is 2.62. The Morgan fingerprint density at radius 2 is 1.67 bits per heavy atom. The predicted octanol–water partition coefficient (Wildman–Crippen LogP) is 5.53. The Bertz CT molecular complexity index is 787. The van der Waals surface area contributed by atoms with E-state index in [0.717, 1.165) is 26.9 Å². The highest BCUT2D eigenvalue weighted by atomic mass is 79.9. The molecule has 0 unspecified atom stereocenters. The van der Waals surface area contributed by atoms with Crippen LogP contribution in [0.1, 0.15) is 56.3 Å². The molecule has 0 fully saturated rings. The molecule has 2 atom stereocenters. The van der Waals surface area contributed by atoms with Gasteiger partial charge in [-0.05, 0) is 79.8 Å². The fraction of sp³-hybridized carbons (Fsp3) is 0.409. The van der Waals surface area contributed by atoms with Crippen molar-refractivity contribution in [2.24, 2.45) is 0 Å². The van der Waals surface area contributed by atoms with Crippen molar-refractivity contribution < 1.29 is 14.3 Å². The van der Waals surface area contributed by atoms with Crippen LogP contribution < -0.4 is 14.8 Å². The number of benzene rings is 2. The Hall–Kier alpha value is -2.01. The van der Waals surface area contributed by atoms with Crippen molar-refractivity contribution in [1.29, 1.82) is 0 Å². The van der Waals surface area contributed by atoms with Crippen molar-refractivity contribution in [3.63, 3.8) is 0 Å². The molecular formula is C22H28BrNO3. The number of hydrogen-bond donors (Lipinski definition) is 1. The van der Waals surface area contributed by atoms with Gasteiger partial charge in [-0.25, -0.2) is 0 Å². The van der Waals surface area contributed by atoms with Crippen LogP contribution in [-0.4, -0.2) is 19.1 Å². The van der Waals surface area contributed by atoms with Crippen molar-refractivity contribution in [1.82, 2.24) is 5.32 Å². The molecular weight excluding hydrogens is 406 g/mol. The smallest absolute Gasteiger partial charge is 0.261 e. The molecule has 0 spiro atoms. The number of ether oxygens (including phenoxy) is 2. The summed E-state index contributed by atoms with van der Waals surface area (Å²) in [4.78, 5) is 12.6. The van der Waals surface area contributed by atoms with Crippen LogP contribution in [0, 0.1) is 6.92 Å². The van der Waals surface area contributed by atoms with E-state index in [0.29, 0.717) is 11.7 Å². The molecule has 2 rings (SSSR count). The maximum atomic E-state index is 12.6. The summed E-state index contributed by atoms with van der Waals surface area (Å²) in [6.45, 7) is 10.0. The topological polar surface area (TPSA) is 47.6 Å². The Kier molecular flexibility index (Phi) is 7.31. The average molecular weight is 434 g/mol. The van der Waals surface area contributed by atoms with Crippen LogP contribution in [0.25, 0.3) is 0 Å². The number of hydrogen-bond acceptors (Lipinski definition) is 3. The number of nitrogens with one attached hydrogen (secondary N) is 1. The van der Waals surface area contributed by atoms with Gasteiger partial charge < -0.3 is 14.8 Å². The molecule has 0 aliphatic carbocycles. The van der Waals surface area contributed by atoms with Crippen LogP contribution in [0.3, 0.4) is 0 Å². The van der Waals surface area contributed by atoms with Gasteiger partial charge in [0.05, 0.1) is 13.2 Å². The summed E-state index contributed by atoms with van der Waals surface area (Å²) in [6.07, 6.45) is -0.586. The summed E-state index contributed by atoms with van der Waals surface area (Å²) in [5.41, 5.74) is 3.31. The van der Waals surface area contributed by atoms with Gasteiger partial charge in [-0.3, -0.25) is 4.79 Å². The van der Waals surface area contributed by atoms with Gasteiger partial charge in [-0.15, -0.1) is 0 Å². The molecule has 1 N–H and O–H groups in total. The first kappa shape index (κ1) is 21.3. The highest BCUT2D eigenvalue weighted by Crippen LogP contribution is 2.32. The van der Waals surface area contributed by atoms with E-state index >= 15 is 0 Å². The fourth-order valence-corrected chi connectivity index (χ4v) is 3.25. The van der Waals surface area contributed by atoms with Gasteiger partial charge in [0.1, 0.15) is 11.5 Å².